The molecule has 0 radical (unpaired) electrons. The van der Waals surface area contributed by atoms with Gasteiger partial charge in [0.15, 0.2) is 0 Å². The van der Waals surface area contributed by atoms with Gasteiger partial charge in [-0.1, -0.05) is 6.92 Å². The fraction of sp³-hybridized carbons (Fsp3) is 0.538. The van der Waals surface area contributed by atoms with Crippen molar-refractivity contribution < 1.29 is 8.42 Å². The van der Waals surface area contributed by atoms with Gasteiger partial charge in [0.1, 0.15) is 0 Å². The summed E-state index contributed by atoms with van der Waals surface area (Å²) in [5, 5.41) is 3.26. The maximum Gasteiger partial charge on any atom is 0.240 e. The quantitative estimate of drug-likeness (QED) is 0.709. The van der Waals surface area contributed by atoms with Gasteiger partial charge in [-0.2, -0.15) is 0 Å². The minimum Gasteiger partial charge on any atom is -0.381 e. The number of nitrogens with two attached hydrogens (primary N) is 1. The number of hydrogen-bond acceptors (Lipinski definition) is 4. The molecule has 4 N–H and O–H groups in total. The number of anilines is 1. The van der Waals surface area contributed by atoms with Gasteiger partial charge in [-0.3, -0.25) is 0 Å². The number of sulfonamides is 1. The fourth-order valence-electron chi connectivity index (χ4n) is 1.67. The van der Waals surface area contributed by atoms with Crippen LogP contribution < -0.4 is 15.8 Å². The first-order valence-electron chi connectivity index (χ1n) is 6.48. The molecule has 6 heteroatoms. The van der Waals surface area contributed by atoms with E-state index in [4.69, 9.17) is 5.73 Å². The lowest BCUT2D eigenvalue weighted by Crippen LogP contribution is -2.30. The lowest BCUT2D eigenvalue weighted by Gasteiger charge is -2.16. The zero-order chi connectivity index (χ0) is 14.5. The highest BCUT2D eigenvalue weighted by atomic mass is 32.2. The molecule has 19 heavy (non-hydrogen) atoms. The second-order valence-electron chi connectivity index (χ2n) is 4.79. The van der Waals surface area contributed by atoms with Crippen LogP contribution in [0.2, 0.25) is 0 Å². The third kappa shape index (κ3) is 4.81. The van der Waals surface area contributed by atoms with Gasteiger partial charge in [0, 0.05) is 24.3 Å². The van der Waals surface area contributed by atoms with Crippen molar-refractivity contribution in [3.8, 4) is 0 Å². The minimum atomic E-state index is -3.42. The molecule has 1 unspecified atom stereocenters. The predicted octanol–water partition coefficient (Wildman–Crippen LogP) is 1.52. The molecule has 5 nitrogen and oxygen atoms in total. The topological polar surface area (TPSA) is 84.2 Å². The summed E-state index contributed by atoms with van der Waals surface area (Å²) in [5.41, 5.74) is 6.49. The lowest BCUT2D eigenvalue weighted by molar-refractivity contribution is 0.570. The van der Waals surface area contributed by atoms with E-state index in [0.717, 1.165) is 12.1 Å². The molecule has 0 heterocycles. The Bertz CT molecular complexity index is 479. The van der Waals surface area contributed by atoms with Gasteiger partial charge in [0.05, 0.1) is 4.90 Å². The Morgan fingerprint density at radius 1 is 1.21 bits per heavy atom. The molecule has 0 fully saturated rings. The molecule has 0 spiro atoms. The highest BCUT2D eigenvalue weighted by Crippen LogP contribution is 2.15. The van der Waals surface area contributed by atoms with Crippen molar-refractivity contribution in [3.63, 3.8) is 0 Å². The Labute approximate surface area is 115 Å². The van der Waals surface area contributed by atoms with Gasteiger partial charge in [-0.15, -0.1) is 0 Å². The summed E-state index contributed by atoms with van der Waals surface area (Å²) in [6, 6.07) is 6.79. The standard InChI is InChI=1S/C13H23N3O2S/c1-4-11(9-14)15-12-5-7-13(8-6-12)19(17,18)16-10(2)3/h5-8,10-11,15-16H,4,9,14H2,1-3H3. The summed E-state index contributed by atoms with van der Waals surface area (Å²) in [6.45, 7) is 6.18. The van der Waals surface area contributed by atoms with Gasteiger partial charge in [0.25, 0.3) is 0 Å². The molecule has 1 rings (SSSR count). The molecule has 1 atom stereocenters. The van der Waals surface area contributed by atoms with Crippen LogP contribution >= 0.6 is 0 Å². The first-order chi connectivity index (χ1) is 8.89. The molecular formula is C13H23N3O2S. The van der Waals surface area contributed by atoms with Gasteiger partial charge in [0.2, 0.25) is 10.0 Å². The lowest BCUT2D eigenvalue weighted by atomic mass is 10.2. The van der Waals surface area contributed by atoms with Gasteiger partial charge in [-0.05, 0) is 44.5 Å². The highest BCUT2D eigenvalue weighted by Gasteiger charge is 2.15. The van der Waals surface area contributed by atoms with E-state index < -0.39 is 10.0 Å². The van der Waals surface area contributed by atoms with Crippen LogP contribution in [0.5, 0.6) is 0 Å². The van der Waals surface area contributed by atoms with Gasteiger partial charge < -0.3 is 11.1 Å². The molecule has 0 aliphatic carbocycles. The van der Waals surface area contributed by atoms with Crippen LogP contribution in [0.15, 0.2) is 29.2 Å². The van der Waals surface area contributed by atoms with Crippen LogP contribution in [0.4, 0.5) is 5.69 Å². The third-order valence-corrected chi connectivity index (χ3v) is 4.38. The van der Waals surface area contributed by atoms with Gasteiger partial charge in [-0.25, -0.2) is 13.1 Å². The Balaban J connectivity index is 2.82. The van der Waals surface area contributed by atoms with Crippen LogP contribution in [0, 0.1) is 0 Å². The molecule has 0 saturated heterocycles. The fourth-order valence-corrected chi connectivity index (χ4v) is 2.92. The third-order valence-electron chi connectivity index (χ3n) is 2.70. The van der Waals surface area contributed by atoms with Crippen molar-refractivity contribution in [1.82, 2.24) is 4.72 Å². The molecule has 0 saturated carbocycles. The summed E-state index contributed by atoms with van der Waals surface area (Å²) in [7, 11) is -3.42. The number of benzene rings is 1. The SMILES string of the molecule is CCC(CN)Nc1ccc(S(=O)(=O)NC(C)C)cc1. The van der Waals surface area contributed by atoms with Crippen molar-refractivity contribution in [3.05, 3.63) is 24.3 Å². The Morgan fingerprint density at radius 2 is 1.79 bits per heavy atom. The molecule has 1 aromatic carbocycles. The maximum absolute atomic E-state index is 11.9. The Hall–Kier alpha value is -1.11. The summed E-state index contributed by atoms with van der Waals surface area (Å²) < 4.78 is 26.4. The van der Waals surface area contributed by atoms with E-state index in [1.165, 1.54) is 0 Å². The number of nitrogens with one attached hydrogen (secondary N) is 2. The molecule has 0 amide bonds. The van der Waals surface area contributed by atoms with Crippen molar-refractivity contribution in [2.45, 2.75) is 44.2 Å². The largest absolute Gasteiger partial charge is 0.381 e. The highest BCUT2D eigenvalue weighted by molar-refractivity contribution is 7.89. The molecule has 1 aromatic rings. The van der Waals surface area contributed by atoms with E-state index in [0.29, 0.717) is 6.54 Å². The average Bonchev–Trinajstić information content (AvgIpc) is 2.35. The Kier molecular flexibility index (Phi) is 5.78. The zero-order valence-corrected chi connectivity index (χ0v) is 12.5. The predicted molar refractivity (Wildman–Crippen MR) is 78.7 cm³/mol. The van der Waals surface area contributed by atoms with Crippen LogP contribution in [0.3, 0.4) is 0 Å². The first kappa shape index (κ1) is 15.9. The first-order valence-corrected chi connectivity index (χ1v) is 7.96. The summed E-state index contributed by atoms with van der Waals surface area (Å²) >= 11 is 0. The molecular weight excluding hydrogens is 262 g/mol. The second-order valence-corrected chi connectivity index (χ2v) is 6.50. The number of rotatable bonds is 7. The van der Waals surface area contributed by atoms with Gasteiger partial charge >= 0.3 is 0 Å². The van der Waals surface area contributed by atoms with E-state index in [9.17, 15) is 8.42 Å². The van der Waals surface area contributed by atoms with Crippen molar-refractivity contribution in [1.29, 1.82) is 0 Å². The normalized spacial score (nSPS) is 13.5. The molecule has 0 aliphatic rings. The molecule has 0 aromatic heterocycles. The van der Waals surface area contributed by atoms with Crippen molar-refractivity contribution in [2.75, 3.05) is 11.9 Å². The molecule has 0 aliphatic heterocycles. The van der Waals surface area contributed by atoms with E-state index in [1.807, 2.05) is 0 Å². The minimum absolute atomic E-state index is 0.121. The van der Waals surface area contributed by atoms with Crippen molar-refractivity contribution >= 4 is 15.7 Å². The zero-order valence-electron chi connectivity index (χ0n) is 11.7. The van der Waals surface area contributed by atoms with E-state index in [-0.39, 0.29) is 17.0 Å². The number of hydrogen-bond donors (Lipinski definition) is 3. The van der Waals surface area contributed by atoms with Crippen LogP contribution in [-0.2, 0) is 10.0 Å². The smallest absolute Gasteiger partial charge is 0.240 e. The Morgan fingerprint density at radius 3 is 2.21 bits per heavy atom. The average molecular weight is 285 g/mol. The maximum atomic E-state index is 11.9. The van der Waals surface area contributed by atoms with Crippen LogP contribution in [-0.4, -0.2) is 27.0 Å². The van der Waals surface area contributed by atoms with E-state index in [1.54, 1.807) is 38.1 Å². The van der Waals surface area contributed by atoms with Crippen LogP contribution in [0.25, 0.3) is 0 Å². The second kappa shape index (κ2) is 6.88. The van der Waals surface area contributed by atoms with E-state index in [2.05, 4.69) is 17.0 Å². The molecule has 108 valence electrons. The van der Waals surface area contributed by atoms with Crippen LogP contribution in [0.1, 0.15) is 27.2 Å². The van der Waals surface area contributed by atoms with E-state index >= 15 is 0 Å². The summed E-state index contributed by atoms with van der Waals surface area (Å²) in [4.78, 5) is 0.271. The summed E-state index contributed by atoms with van der Waals surface area (Å²) in [5.74, 6) is 0. The summed E-state index contributed by atoms with van der Waals surface area (Å²) in [6.07, 6.45) is 0.922. The monoisotopic (exact) mass is 285 g/mol. The van der Waals surface area contributed by atoms with Crippen molar-refractivity contribution in [2.24, 2.45) is 5.73 Å². The molecule has 0 bridgehead atoms.